The Morgan fingerprint density at radius 3 is 2.44 bits per heavy atom. The molecule has 0 radical (unpaired) electrons. The SMILES string of the molecule is CCOc1cc(Oc2ccc(C(F)(F)F)cc2Cl)ccc1NC(C)=O. The number of rotatable bonds is 5. The molecule has 1 N–H and O–H groups in total. The van der Waals surface area contributed by atoms with Crippen LogP contribution in [-0.2, 0) is 11.0 Å². The molecule has 25 heavy (non-hydrogen) atoms. The molecule has 8 heteroatoms. The van der Waals surface area contributed by atoms with Crippen molar-refractivity contribution < 1.29 is 27.4 Å². The van der Waals surface area contributed by atoms with E-state index >= 15 is 0 Å². The average molecular weight is 374 g/mol. The summed E-state index contributed by atoms with van der Waals surface area (Å²) in [7, 11) is 0. The molecular formula is C17H15ClF3NO3. The van der Waals surface area contributed by atoms with Crippen molar-refractivity contribution in [2.45, 2.75) is 20.0 Å². The highest BCUT2D eigenvalue weighted by atomic mass is 35.5. The molecule has 0 spiro atoms. The molecule has 0 saturated heterocycles. The van der Waals surface area contributed by atoms with Gasteiger partial charge in [0.25, 0.3) is 0 Å². The number of amides is 1. The van der Waals surface area contributed by atoms with Gasteiger partial charge >= 0.3 is 6.18 Å². The van der Waals surface area contributed by atoms with Gasteiger partial charge in [-0.3, -0.25) is 4.79 Å². The van der Waals surface area contributed by atoms with Gasteiger partial charge in [-0.15, -0.1) is 0 Å². The van der Waals surface area contributed by atoms with Gasteiger partial charge < -0.3 is 14.8 Å². The molecule has 0 atom stereocenters. The molecular weight excluding hydrogens is 359 g/mol. The van der Waals surface area contributed by atoms with Crippen molar-refractivity contribution in [3.63, 3.8) is 0 Å². The molecule has 2 aromatic carbocycles. The molecule has 0 heterocycles. The van der Waals surface area contributed by atoms with Crippen molar-refractivity contribution >= 4 is 23.2 Å². The van der Waals surface area contributed by atoms with E-state index < -0.39 is 11.7 Å². The van der Waals surface area contributed by atoms with Crippen LogP contribution >= 0.6 is 11.6 Å². The maximum absolute atomic E-state index is 12.7. The molecule has 0 aliphatic rings. The molecule has 0 saturated carbocycles. The van der Waals surface area contributed by atoms with E-state index in [0.717, 1.165) is 18.2 Å². The zero-order valence-corrected chi connectivity index (χ0v) is 14.2. The highest BCUT2D eigenvalue weighted by molar-refractivity contribution is 6.32. The predicted molar refractivity (Wildman–Crippen MR) is 88.4 cm³/mol. The summed E-state index contributed by atoms with van der Waals surface area (Å²) in [6.45, 7) is 3.50. The van der Waals surface area contributed by atoms with Gasteiger partial charge in [0.05, 0.1) is 22.9 Å². The van der Waals surface area contributed by atoms with Crippen LogP contribution in [-0.4, -0.2) is 12.5 Å². The van der Waals surface area contributed by atoms with Gasteiger partial charge in [-0.1, -0.05) is 11.6 Å². The van der Waals surface area contributed by atoms with Crippen molar-refractivity contribution in [3.8, 4) is 17.2 Å². The van der Waals surface area contributed by atoms with Crippen LogP contribution in [0.15, 0.2) is 36.4 Å². The summed E-state index contributed by atoms with van der Waals surface area (Å²) < 4.78 is 49.0. The van der Waals surface area contributed by atoms with Crippen LogP contribution in [0.25, 0.3) is 0 Å². The second-order valence-corrected chi connectivity index (χ2v) is 5.42. The van der Waals surface area contributed by atoms with E-state index in [1.807, 2.05) is 0 Å². The minimum Gasteiger partial charge on any atom is -0.492 e. The van der Waals surface area contributed by atoms with Crippen LogP contribution in [0.2, 0.25) is 5.02 Å². The van der Waals surface area contributed by atoms with Crippen molar-refractivity contribution in [1.82, 2.24) is 0 Å². The topological polar surface area (TPSA) is 47.6 Å². The standard InChI is InChI=1S/C17H15ClF3NO3/c1-3-24-16-9-12(5-6-14(16)22-10(2)23)25-15-7-4-11(8-13(15)18)17(19,20)21/h4-9H,3H2,1-2H3,(H,22,23). The largest absolute Gasteiger partial charge is 0.492 e. The van der Waals surface area contributed by atoms with Crippen LogP contribution in [0.3, 0.4) is 0 Å². The second kappa shape index (κ2) is 7.65. The zero-order valence-electron chi connectivity index (χ0n) is 13.4. The van der Waals surface area contributed by atoms with Crippen LogP contribution < -0.4 is 14.8 Å². The summed E-state index contributed by atoms with van der Waals surface area (Å²) in [6.07, 6.45) is -4.48. The maximum Gasteiger partial charge on any atom is 0.416 e. The zero-order chi connectivity index (χ0) is 18.6. The third-order valence-corrected chi connectivity index (χ3v) is 3.35. The first-order chi connectivity index (χ1) is 11.7. The van der Waals surface area contributed by atoms with Gasteiger partial charge in [0.15, 0.2) is 0 Å². The van der Waals surface area contributed by atoms with Crippen LogP contribution in [0.5, 0.6) is 17.2 Å². The van der Waals surface area contributed by atoms with Gasteiger partial charge in [-0.25, -0.2) is 0 Å². The highest BCUT2D eigenvalue weighted by Crippen LogP contribution is 2.38. The Kier molecular flexibility index (Phi) is 5.79. The molecule has 0 aliphatic heterocycles. The van der Waals surface area contributed by atoms with Crippen LogP contribution in [0.1, 0.15) is 19.4 Å². The number of alkyl halides is 3. The summed E-state index contributed by atoms with van der Waals surface area (Å²) >= 11 is 5.87. The van der Waals surface area contributed by atoms with E-state index in [9.17, 15) is 18.0 Å². The summed E-state index contributed by atoms with van der Waals surface area (Å²) in [6, 6.07) is 7.46. The summed E-state index contributed by atoms with van der Waals surface area (Å²) in [5.41, 5.74) is -0.402. The third-order valence-electron chi connectivity index (χ3n) is 3.05. The average Bonchev–Trinajstić information content (AvgIpc) is 2.50. The number of nitrogens with one attached hydrogen (secondary N) is 1. The minimum absolute atomic E-state index is 0.0735. The van der Waals surface area contributed by atoms with Crippen molar-refractivity contribution in [3.05, 3.63) is 47.0 Å². The number of ether oxygens (including phenoxy) is 2. The Labute approximate surface area is 147 Å². The summed E-state index contributed by atoms with van der Waals surface area (Å²) in [5, 5.41) is 2.45. The highest BCUT2D eigenvalue weighted by Gasteiger charge is 2.31. The van der Waals surface area contributed by atoms with E-state index in [2.05, 4.69) is 5.32 Å². The van der Waals surface area contributed by atoms with E-state index in [1.165, 1.54) is 13.0 Å². The van der Waals surface area contributed by atoms with Crippen molar-refractivity contribution in [2.24, 2.45) is 0 Å². The van der Waals surface area contributed by atoms with Crippen LogP contribution in [0.4, 0.5) is 18.9 Å². The Morgan fingerprint density at radius 1 is 1.16 bits per heavy atom. The molecule has 134 valence electrons. The number of carbonyl (C=O) groups excluding carboxylic acids is 1. The number of hydrogen-bond donors (Lipinski definition) is 1. The molecule has 0 fully saturated rings. The molecule has 0 unspecified atom stereocenters. The lowest BCUT2D eigenvalue weighted by molar-refractivity contribution is -0.137. The van der Waals surface area contributed by atoms with Gasteiger partial charge in [0, 0.05) is 13.0 Å². The Morgan fingerprint density at radius 2 is 1.88 bits per heavy atom. The lowest BCUT2D eigenvalue weighted by Gasteiger charge is -2.14. The number of anilines is 1. The van der Waals surface area contributed by atoms with Gasteiger partial charge in [-0.2, -0.15) is 13.2 Å². The van der Waals surface area contributed by atoms with E-state index in [-0.39, 0.29) is 16.7 Å². The molecule has 2 aromatic rings. The predicted octanol–water partition coefficient (Wildman–Crippen LogP) is 5.51. The fourth-order valence-corrected chi connectivity index (χ4v) is 2.24. The quantitative estimate of drug-likeness (QED) is 0.751. The van der Waals surface area contributed by atoms with Gasteiger partial charge in [-0.05, 0) is 37.3 Å². The van der Waals surface area contributed by atoms with E-state index in [1.54, 1.807) is 19.1 Å². The first-order valence-corrected chi connectivity index (χ1v) is 7.67. The number of hydrogen-bond acceptors (Lipinski definition) is 3. The van der Waals surface area contributed by atoms with E-state index in [0.29, 0.717) is 23.8 Å². The fourth-order valence-electron chi connectivity index (χ4n) is 2.02. The maximum atomic E-state index is 12.7. The lowest BCUT2D eigenvalue weighted by atomic mass is 10.2. The number of halogens is 4. The summed E-state index contributed by atoms with van der Waals surface area (Å²) in [4.78, 5) is 11.2. The first kappa shape index (κ1) is 18.9. The Bertz CT molecular complexity index is 778. The van der Waals surface area contributed by atoms with Crippen molar-refractivity contribution in [1.29, 1.82) is 0 Å². The third kappa shape index (κ3) is 5.03. The van der Waals surface area contributed by atoms with Gasteiger partial charge in [0.1, 0.15) is 17.2 Å². The fraction of sp³-hybridized carbons (Fsp3) is 0.235. The van der Waals surface area contributed by atoms with Crippen molar-refractivity contribution in [2.75, 3.05) is 11.9 Å². The number of benzene rings is 2. The van der Waals surface area contributed by atoms with Crippen LogP contribution in [0, 0.1) is 0 Å². The smallest absolute Gasteiger partial charge is 0.416 e. The normalized spacial score (nSPS) is 11.1. The first-order valence-electron chi connectivity index (χ1n) is 7.29. The molecule has 0 aromatic heterocycles. The molecule has 0 bridgehead atoms. The Hall–Kier alpha value is -2.41. The lowest BCUT2D eigenvalue weighted by Crippen LogP contribution is -2.08. The monoisotopic (exact) mass is 373 g/mol. The summed E-state index contributed by atoms with van der Waals surface area (Å²) in [5.74, 6) is 0.488. The number of carbonyl (C=O) groups is 1. The molecule has 2 rings (SSSR count). The Balaban J connectivity index is 2.28. The van der Waals surface area contributed by atoms with Gasteiger partial charge in [0.2, 0.25) is 5.91 Å². The minimum atomic E-state index is -4.48. The molecule has 0 aliphatic carbocycles. The molecule has 1 amide bonds. The van der Waals surface area contributed by atoms with E-state index in [4.69, 9.17) is 21.1 Å². The molecule has 4 nitrogen and oxygen atoms in total. The second-order valence-electron chi connectivity index (χ2n) is 5.02.